The molecule has 2 saturated heterocycles. The molecular weight excluding hydrogens is 589 g/mol. The van der Waals surface area contributed by atoms with Crippen molar-refractivity contribution < 1.29 is 19.1 Å². The predicted octanol–water partition coefficient (Wildman–Crippen LogP) is 6.02. The first-order chi connectivity index (χ1) is 20.8. The number of nitrogens with one attached hydrogen (secondary N) is 2. The maximum absolute atomic E-state index is 13.0. The molecule has 0 bridgehead atoms. The van der Waals surface area contributed by atoms with E-state index in [9.17, 15) is 14.4 Å². The van der Waals surface area contributed by atoms with Crippen molar-refractivity contribution in [1.82, 2.24) is 9.80 Å². The van der Waals surface area contributed by atoms with Crippen molar-refractivity contribution in [3.8, 4) is 0 Å². The van der Waals surface area contributed by atoms with Crippen molar-refractivity contribution in [1.29, 1.82) is 0 Å². The summed E-state index contributed by atoms with van der Waals surface area (Å²) < 4.78 is 5.18. The van der Waals surface area contributed by atoms with Crippen LogP contribution >= 0.6 is 23.2 Å². The Morgan fingerprint density at radius 2 is 1.42 bits per heavy atom. The van der Waals surface area contributed by atoms with Crippen LogP contribution in [0.4, 0.5) is 21.9 Å². The zero-order valence-electron chi connectivity index (χ0n) is 23.9. The quantitative estimate of drug-likeness (QED) is 0.224. The Morgan fingerprint density at radius 3 is 2.07 bits per heavy atom. The van der Waals surface area contributed by atoms with E-state index in [0.717, 1.165) is 36.4 Å². The summed E-state index contributed by atoms with van der Waals surface area (Å²) in [6, 6.07) is 20.2. The van der Waals surface area contributed by atoms with Gasteiger partial charge in [0.2, 0.25) is 5.91 Å². The molecule has 2 aliphatic heterocycles. The number of rotatable bonds is 9. The summed E-state index contributed by atoms with van der Waals surface area (Å²) in [6.45, 7) is 5.42. The van der Waals surface area contributed by atoms with Gasteiger partial charge in [-0.05, 0) is 73.5 Å². The number of benzene rings is 3. The zero-order valence-corrected chi connectivity index (χ0v) is 25.4. The van der Waals surface area contributed by atoms with E-state index < -0.39 is 11.9 Å². The smallest absolute Gasteiger partial charge is 0.322 e. The first kappa shape index (κ1) is 30.7. The summed E-state index contributed by atoms with van der Waals surface area (Å²) >= 11 is 13.0. The van der Waals surface area contributed by atoms with Gasteiger partial charge in [-0.2, -0.15) is 0 Å². The lowest BCUT2D eigenvalue weighted by Crippen LogP contribution is -2.50. The Bertz CT molecular complexity index is 1400. The van der Waals surface area contributed by atoms with Crippen LogP contribution in [0, 0.1) is 0 Å². The molecule has 2 N–H and O–H groups in total. The summed E-state index contributed by atoms with van der Waals surface area (Å²) in [5.41, 5.74) is 3.89. The van der Waals surface area contributed by atoms with Crippen molar-refractivity contribution in [3.05, 3.63) is 87.9 Å². The fraction of sp³-hybridized carbons (Fsp3) is 0.344. The van der Waals surface area contributed by atoms with Crippen molar-refractivity contribution >= 4 is 58.2 Å². The van der Waals surface area contributed by atoms with Gasteiger partial charge in [0, 0.05) is 44.1 Å². The first-order valence-electron chi connectivity index (χ1n) is 14.4. The van der Waals surface area contributed by atoms with Gasteiger partial charge >= 0.3 is 12.0 Å². The number of nitrogens with zero attached hydrogens (tertiary/aromatic N) is 3. The number of esters is 1. The largest absolute Gasteiger partial charge is 0.460 e. The van der Waals surface area contributed by atoms with E-state index >= 15 is 0 Å². The van der Waals surface area contributed by atoms with Gasteiger partial charge < -0.3 is 25.2 Å². The molecule has 43 heavy (non-hydrogen) atoms. The highest BCUT2D eigenvalue weighted by Gasteiger charge is 2.23. The SMILES string of the molecule is O=C(CC(=O)OCc1ccccc1)Nc1ccc(N2CCN(C(=O)Nc3c(Cl)cc(CN4CCCC4)cc3Cl)CC2)cc1. The summed E-state index contributed by atoms with van der Waals surface area (Å²) in [5.74, 6) is -1.02. The number of likely N-dealkylation sites (tertiary alicyclic amines) is 1. The molecule has 0 spiro atoms. The average molecular weight is 625 g/mol. The van der Waals surface area contributed by atoms with Crippen LogP contribution in [0.25, 0.3) is 0 Å². The number of ether oxygens (including phenoxy) is 1. The maximum atomic E-state index is 13.0. The highest BCUT2D eigenvalue weighted by Crippen LogP contribution is 2.33. The molecule has 3 aromatic rings. The number of piperazine rings is 1. The van der Waals surface area contributed by atoms with E-state index in [2.05, 4.69) is 20.4 Å². The van der Waals surface area contributed by atoms with E-state index in [1.54, 1.807) is 17.0 Å². The molecule has 0 saturated carbocycles. The van der Waals surface area contributed by atoms with E-state index in [1.165, 1.54) is 12.8 Å². The first-order valence-corrected chi connectivity index (χ1v) is 15.2. The van der Waals surface area contributed by atoms with Gasteiger partial charge in [0.25, 0.3) is 0 Å². The van der Waals surface area contributed by atoms with E-state index in [1.807, 2.05) is 54.6 Å². The Labute approximate surface area is 261 Å². The van der Waals surface area contributed by atoms with Crippen LogP contribution in [0.1, 0.15) is 30.4 Å². The third-order valence-electron chi connectivity index (χ3n) is 7.57. The molecule has 0 aliphatic carbocycles. The highest BCUT2D eigenvalue weighted by molar-refractivity contribution is 6.39. The summed E-state index contributed by atoms with van der Waals surface area (Å²) in [6.07, 6.45) is 2.06. The Balaban J connectivity index is 1.06. The summed E-state index contributed by atoms with van der Waals surface area (Å²) in [5, 5.41) is 6.50. The number of urea groups is 1. The molecule has 9 nitrogen and oxygen atoms in total. The number of halogens is 2. The van der Waals surface area contributed by atoms with Crippen molar-refractivity contribution in [2.75, 3.05) is 54.8 Å². The molecule has 11 heteroatoms. The second kappa shape index (κ2) is 14.6. The molecule has 5 rings (SSSR count). The van der Waals surface area contributed by atoms with Crippen LogP contribution < -0.4 is 15.5 Å². The topological polar surface area (TPSA) is 94.2 Å². The third-order valence-corrected chi connectivity index (χ3v) is 8.17. The lowest BCUT2D eigenvalue weighted by atomic mass is 10.2. The second-order valence-corrected chi connectivity index (χ2v) is 11.6. The van der Waals surface area contributed by atoms with E-state index in [4.69, 9.17) is 27.9 Å². The number of anilines is 3. The molecular formula is C32H35Cl2N5O4. The minimum absolute atomic E-state index is 0.129. The van der Waals surface area contributed by atoms with Gasteiger partial charge in [-0.25, -0.2) is 4.79 Å². The molecule has 0 unspecified atom stereocenters. The standard InChI is InChI=1S/C32H35Cl2N5O4/c33-27-18-24(21-37-12-4-5-13-37)19-28(34)31(27)36-32(42)39-16-14-38(15-17-39)26-10-8-25(9-11-26)35-29(40)20-30(41)43-22-23-6-2-1-3-7-23/h1-3,6-11,18-19H,4-5,12-17,20-22H2,(H,35,40)(H,36,42). The van der Waals surface area contributed by atoms with Gasteiger partial charge in [0.1, 0.15) is 13.0 Å². The monoisotopic (exact) mass is 623 g/mol. The lowest BCUT2D eigenvalue weighted by molar-refractivity contribution is -0.146. The number of carbonyl (C=O) groups excluding carboxylic acids is 3. The normalized spacial score (nSPS) is 15.3. The van der Waals surface area contributed by atoms with Crippen LogP contribution in [0.15, 0.2) is 66.7 Å². The molecule has 0 radical (unpaired) electrons. The van der Waals surface area contributed by atoms with E-state index in [-0.39, 0.29) is 19.1 Å². The molecule has 226 valence electrons. The van der Waals surface area contributed by atoms with Gasteiger partial charge in [0.15, 0.2) is 0 Å². The highest BCUT2D eigenvalue weighted by atomic mass is 35.5. The molecule has 0 atom stereocenters. The molecule has 3 amide bonds. The van der Waals surface area contributed by atoms with Crippen LogP contribution in [0.3, 0.4) is 0 Å². The molecule has 2 heterocycles. The van der Waals surface area contributed by atoms with Crippen LogP contribution in [-0.4, -0.2) is 67.0 Å². The van der Waals surface area contributed by atoms with Crippen molar-refractivity contribution in [2.45, 2.75) is 32.4 Å². The number of hydrogen-bond acceptors (Lipinski definition) is 6. The molecule has 2 fully saturated rings. The fourth-order valence-electron chi connectivity index (χ4n) is 5.27. The minimum Gasteiger partial charge on any atom is -0.460 e. The molecule has 3 aromatic carbocycles. The summed E-state index contributed by atoms with van der Waals surface area (Å²) in [4.78, 5) is 43.6. The van der Waals surface area contributed by atoms with Crippen LogP contribution in [-0.2, 0) is 27.5 Å². The predicted molar refractivity (Wildman–Crippen MR) is 170 cm³/mol. The minimum atomic E-state index is -0.584. The van der Waals surface area contributed by atoms with Crippen molar-refractivity contribution in [3.63, 3.8) is 0 Å². The maximum Gasteiger partial charge on any atom is 0.322 e. The van der Waals surface area contributed by atoms with E-state index in [0.29, 0.717) is 47.6 Å². The fourth-order valence-corrected chi connectivity index (χ4v) is 5.90. The van der Waals surface area contributed by atoms with Crippen LogP contribution in [0.5, 0.6) is 0 Å². The molecule has 0 aromatic heterocycles. The van der Waals surface area contributed by atoms with Crippen molar-refractivity contribution in [2.24, 2.45) is 0 Å². The van der Waals surface area contributed by atoms with Gasteiger partial charge in [-0.3, -0.25) is 14.5 Å². The Kier molecular flexibility index (Phi) is 10.4. The van der Waals surface area contributed by atoms with Crippen LogP contribution in [0.2, 0.25) is 10.0 Å². The third kappa shape index (κ3) is 8.63. The Hall–Kier alpha value is -3.79. The molecule has 2 aliphatic rings. The van der Waals surface area contributed by atoms with Gasteiger partial charge in [0.05, 0.1) is 15.7 Å². The summed E-state index contributed by atoms with van der Waals surface area (Å²) in [7, 11) is 0. The van der Waals surface area contributed by atoms with Gasteiger partial charge in [-0.1, -0.05) is 53.5 Å². The second-order valence-electron chi connectivity index (χ2n) is 10.7. The zero-order chi connectivity index (χ0) is 30.2. The number of carbonyl (C=O) groups is 3. The Morgan fingerprint density at radius 1 is 0.767 bits per heavy atom. The number of hydrogen-bond donors (Lipinski definition) is 2. The lowest BCUT2D eigenvalue weighted by Gasteiger charge is -2.36. The van der Waals surface area contributed by atoms with Gasteiger partial charge in [-0.15, -0.1) is 0 Å². The average Bonchev–Trinajstić information content (AvgIpc) is 3.52. The number of amides is 3.